The van der Waals surface area contributed by atoms with E-state index in [2.05, 4.69) is 0 Å². The van der Waals surface area contributed by atoms with Crippen molar-refractivity contribution in [2.45, 2.75) is 6.92 Å². The van der Waals surface area contributed by atoms with Crippen LogP contribution in [0.5, 0.6) is 5.75 Å². The van der Waals surface area contributed by atoms with Crippen molar-refractivity contribution in [1.29, 1.82) is 0 Å². The van der Waals surface area contributed by atoms with Crippen molar-refractivity contribution in [1.82, 2.24) is 4.90 Å². The van der Waals surface area contributed by atoms with E-state index in [1.807, 2.05) is 0 Å². The van der Waals surface area contributed by atoms with Gasteiger partial charge in [0.15, 0.2) is 0 Å². The van der Waals surface area contributed by atoms with E-state index in [0.29, 0.717) is 24.3 Å². The highest BCUT2D eigenvalue weighted by atomic mass is 16.5. The van der Waals surface area contributed by atoms with E-state index in [1.165, 1.54) is 6.07 Å². The van der Waals surface area contributed by atoms with Gasteiger partial charge in [-0.25, -0.2) is 0 Å². The van der Waals surface area contributed by atoms with Gasteiger partial charge in [0.2, 0.25) is 0 Å². The first-order chi connectivity index (χ1) is 7.56. The maximum atomic E-state index is 11.9. The fraction of sp³-hybridized carbons (Fsp3) is 0.417. The first-order valence-corrected chi connectivity index (χ1v) is 5.10. The topological polar surface area (TPSA) is 49.8 Å². The van der Waals surface area contributed by atoms with Gasteiger partial charge in [-0.1, -0.05) is 0 Å². The maximum Gasteiger partial charge on any atom is 0.253 e. The maximum absolute atomic E-state index is 11.9. The molecule has 0 saturated heterocycles. The summed E-state index contributed by atoms with van der Waals surface area (Å²) in [6, 6.07) is 4.83. The van der Waals surface area contributed by atoms with Gasteiger partial charge in [0, 0.05) is 26.3 Å². The molecule has 1 N–H and O–H groups in total. The van der Waals surface area contributed by atoms with Crippen LogP contribution in [-0.2, 0) is 4.74 Å². The number of aromatic hydroxyl groups is 1. The van der Waals surface area contributed by atoms with E-state index in [0.717, 1.165) is 0 Å². The number of methoxy groups -OCH3 is 1. The van der Waals surface area contributed by atoms with Crippen LogP contribution in [0, 0.1) is 6.92 Å². The lowest BCUT2D eigenvalue weighted by Gasteiger charge is -2.16. The molecule has 0 atom stereocenters. The highest BCUT2D eigenvalue weighted by Gasteiger charge is 2.12. The molecule has 0 spiro atoms. The summed E-state index contributed by atoms with van der Waals surface area (Å²) in [6.07, 6.45) is 0. The van der Waals surface area contributed by atoms with Gasteiger partial charge in [0.1, 0.15) is 5.75 Å². The number of ether oxygens (including phenoxy) is 1. The molecule has 0 aliphatic carbocycles. The van der Waals surface area contributed by atoms with Crippen molar-refractivity contribution in [3.63, 3.8) is 0 Å². The lowest BCUT2D eigenvalue weighted by Crippen LogP contribution is -2.29. The van der Waals surface area contributed by atoms with Crippen molar-refractivity contribution < 1.29 is 14.6 Å². The average molecular weight is 223 g/mol. The third-order valence-corrected chi connectivity index (χ3v) is 2.42. The van der Waals surface area contributed by atoms with Crippen LogP contribution in [0.3, 0.4) is 0 Å². The van der Waals surface area contributed by atoms with Gasteiger partial charge in [-0.05, 0) is 30.7 Å². The predicted octanol–water partition coefficient (Wildman–Crippen LogP) is 1.42. The zero-order valence-corrected chi connectivity index (χ0v) is 9.86. The summed E-state index contributed by atoms with van der Waals surface area (Å²) in [5, 5.41) is 9.36. The SMILES string of the molecule is COCCN(C)C(=O)c1ccc(O)c(C)c1. The minimum absolute atomic E-state index is 0.0693. The number of phenolic OH excluding ortho intramolecular Hbond substituents is 1. The summed E-state index contributed by atoms with van der Waals surface area (Å²) in [5.74, 6) is 0.135. The molecule has 0 saturated carbocycles. The lowest BCUT2D eigenvalue weighted by molar-refractivity contribution is 0.0744. The van der Waals surface area contributed by atoms with E-state index in [9.17, 15) is 9.90 Å². The summed E-state index contributed by atoms with van der Waals surface area (Å²) in [5.41, 5.74) is 1.28. The quantitative estimate of drug-likeness (QED) is 0.839. The Bertz CT molecular complexity index is 377. The number of likely N-dealkylation sites (N-methyl/N-ethyl adjacent to an activating group) is 1. The number of rotatable bonds is 4. The van der Waals surface area contributed by atoms with Gasteiger partial charge in [-0.3, -0.25) is 4.79 Å². The summed E-state index contributed by atoms with van der Waals surface area (Å²) in [6.45, 7) is 2.83. The normalized spacial score (nSPS) is 10.2. The van der Waals surface area contributed by atoms with Crippen molar-refractivity contribution in [3.8, 4) is 5.75 Å². The number of amides is 1. The summed E-state index contributed by atoms with van der Waals surface area (Å²) in [4.78, 5) is 13.5. The zero-order valence-electron chi connectivity index (χ0n) is 9.86. The molecular formula is C12H17NO3. The molecule has 0 aromatic heterocycles. The Morgan fingerprint density at radius 2 is 2.19 bits per heavy atom. The molecule has 16 heavy (non-hydrogen) atoms. The fourth-order valence-corrected chi connectivity index (χ4v) is 1.34. The lowest BCUT2D eigenvalue weighted by atomic mass is 10.1. The summed E-state index contributed by atoms with van der Waals surface area (Å²) < 4.78 is 4.91. The molecule has 1 amide bonds. The standard InChI is InChI=1S/C12H17NO3/c1-9-8-10(4-5-11(9)14)12(15)13(2)6-7-16-3/h4-5,8,14H,6-7H2,1-3H3. The summed E-state index contributed by atoms with van der Waals surface area (Å²) >= 11 is 0. The van der Waals surface area contributed by atoms with E-state index < -0.39 is 0 Å². The van der Waals surface area contributed by atoms with Crippen molar-refractivity contribution in [2.24, 2.45) is 0 Å². The van der Waals surface area contributed by atoms with E-state index in [1.54, 1.807) is 38.1 Å². The molecule has 0 aliphatic heterocycles. The molecule has 0 unspecified atom stereocenters. The highest BCUT2D eigenvalue weighted by Crippen LogP contribution is 2.17. The third-order valence-electron chi connectivity index (χ3n) is 2.42. The van der Waals surface area contributed by atoms with Gasteiger partial charge in [-0.15, -0.1) is 0 Å². The highest BCUT2D eigenvalue weighted by molar-refractivity contribution is 5.94. The Balaban J connectivity index is 2.76. The Labute approximate surface area is 95.5 Å². The monoisotopic (exact) mass is 223 g/mol. The first kappa shape index (κ1) is 12.5. The van der Waals surface area contributed by atoms with Crippen LogP contribution in [0.1, 0.15) is 15.9 Å². The number of hydrogen-bond acceptors (Lipinski definition) is 3. The number of carbonyl (C=O) groups excluding carboxylic acids is 1. The number of benzene rings is 1. The smallest absolute Gasteiger partial charge is 0.253 e. The molecule has 0 aliphatic rings. The fourth-order valence-electron chi connectivity index (χ4n) is 1.34. The molecule has 0 radical (unpaired) electrons. The van der Waals surface area contributed by atoms with Crippen LogP contribution in [0.2, 0.25) is 0 Å². The van der Waals surface area contributed by atoms with Crippen LogP contribution in [0.4, 0.5) is 0 Å². The second-order valence-corrected chi connectivity index (χ2v) is 3.72. The van der Waals surface area contributed by atoms with E-state index in [-0.39, 0.29) is 11.7 Å². The number of nitrogens with zero attached hydrogens (tertiary/aromatic N) is 1. The molecule has 1 aromatic rings. The Hall–Kier alpha value is -1.55. The Morgan fingerprint density at radius 3 is 2.75 bits per heavy atom. The minimum atomic E-state index is -0.0693. The molecule has 4 heteroatoms. The molecule has 0 heterocycles. The molecule has 4 nitrogen and oxygen atoms in total. The summed E-state index contributed by atoms with van der Waals surface area (Å²) in [7, 11) is 3.33. The molecule has 0 fully saturated rings. The van der Waals surface area contributed by atoms with Crippen LogP contribution in [0.25, 0.3) is 0 Å². The molecule has 1 aromatic carbocycles. The van der Waals surface area contributed by atoms with Gasteiger partial charge in [-0.2, -0.15) is 0 Å². The average Bonchev–Trinajstić information content (AvgIpc) is 2.28. The predicted molar refractivity (Wildman–Crippen MR) is 61.7 cm³/mol. The molecule has 1 rings (SSSR count). The van der Waals surface area contributed by atoms with Gasteiger partial charge in [0.05, 0.1) is 6.61 Å². The third kappa shape index (κ3) is 2.97. The Morgan fingerprint density at radius 1 is 1.50 bits per heavy atom. The van der Waals surface area contributed by atoms with Crippen LogP contribution >= 0.6 is 0 Å². The number of aryl methyl sites for hydroxylation is 1. The zero-order chi connectivity index (χ0) is 12.1. The molecule has 0 bridgehead atoms. The first-order valence-electron chi connectivity index (χ1n) is 5.10. The van der Waals surface area contributed by atoms with Crippen LogP contribution < -0.4 is 0 Å². The van der Waals surface area contributed by atoms with Crippen molar-refractivity contribution >= 4 is 5.91 Å². The van der Waals surface area contributed by atoms with Crippen molar-refractivity contribution in [3.05, 3.63) is 29.3 Å². The number of carbonyl (C=O) groups is 1. The second kappa shape index (κ2) is 5.51. The molecular weight excluding hydrogens is 206 g/mol. The molecule has 88 valence electrons. The number of hydrogen-bond donors (Lipinski definition) is 1. The van der Waals surface area contributed by atoms with Crippen LogP contribution in [-0.4, -0.2) is 43.2 Å². The van der Waals surface area contributed by atoms with E-state index in [4.69, 9.17) is 4.74 Å². The second-order valence-electron chi connectivity index (χ2n) is 3.72. The van der Waals surface area contributed by atoms with Gasteiger partial charge in [0.25, 0.3) is 5.91 Å². The largest absolute Gasteiger partial charge is 0.508 e. The minimum Gasteiger partial charge on any atom is -0.508 e. The Kier molecular flexibility index (Phi) is 4.31. The van der Waals surface area contributed by atoms with Gasteiger partial charge < -0.3 is 14.7 Å². The van der Waals surface area contributed by atoms with Crippen molar-refractivity contribution in [2.75, 3.05) is 27.3 Å². The van der Waals surface area contributed by atoms with Crippen LogP contribution in [0.15, 0.2) is 18.2 Å². The number of phenols is 1. The van der Waals surface area contributed by atoms with Gasteiger partial charge >= 0.3 is 0 Å². The van der Waals surface area contributed by atoms with E-state index >= 15 is 0 Å².